The van der Waals surface area contributed by atoms with Crippen molar-refractivity contribution in [3.8, 4) is 11.1 Å². The Morgan fingerprint density at radius 1 is 1.04 bits per heavy atom. The van der Waals surface area contributed by atoms with E-state index in [4.69, 9.17) is 0 Å². The normalized spacial score (nSPS) is 24.2. The first-order valence-corrected chi connectivity index (χ1v) is 8.92. The van der Waals surface area contributed by atoms with Crippen LogP contribution in [0.15, 0.2) is 54.6 Å². The Kier molecular flexibility index (Phi) is 4.11. The van der Waals surface area contributed by atoms with E-state index in [-0.39, 0.29) is 6.04 Å². The molecule has 2 aliphatic heterocycles. The number of piperazine rings is 1. The number of benzene rings is 2. The van der Waals surface area contributed by atoms with Crippen molar-refractivity contribution in [1.29, 1.82) is 0 Å². The summed E-state index contributed by atoms with van der Waals surface area (Å²) < 4.78 is 0. The van der Waals surface area contributed by atoms with Crippen molar-refractivity contribution in [3.63, 3.8) is 0 Å². The summed E-state index contributed by atoms with van der Waals surface area (Å²) in [5.74, 6) is 0.306. The molecule has 0 aliphatic carbocycles. The van der Waals surface area contributed by atoms with Gasteiger partial charge in [0.2, 0.25) is 5.91 Å². The maximum atomic E-state index is 12.6. The molecule has 0 bridgehead atoms. The lowest BCUT2D eigenvalue weighted by molar-refractivity contribution is -0.143. The number of hydrogen-bond donors (Lipinski definition) is 0. The molecule has 1 amide bonds. The van der Waals surface area contributed by atoms with Gasteiger partial charge in [-0.3, -0.25) is 9.69 Å². The smallest absolute Gasteiger partial charge is 0.239 e. The van der Waals surface area contributed by atoms with Crippen molar-refractivity contribution in [2.75, 3.05) is 13.1 Å². The van der Waals surface area contributed by atoms with Crippen molar-refractivity contribution in [3.05, 3.63) is 60.2 Å². The summed E-state index contributed by atoms with van der Waals surface area (Å²) >= 11 is 0. The minimum Gasteiger partial charge on any atom is -0.337 e. The molecule has 3 nitrogen and oxygen atoms in total. The van der Waals surface area contributed by atoms with Gasteiger partial charge in [0.15, 0.2) is 0 Å². The summed E-state index contributed by atoms with van der Waals surface area (Å²) in [4.78, 5) is 17.1. The lowest BCUT2D eigenvalue weighted by Crippen LogP contribution is -2.58. The van der Waals surface area contributed by atoms with E-state index in [0.29, 0.717) is 11.9 Å². The third-order valence-electron chi connectivity index (χ3n) is 5.49. The Hall–Kier alpha value is -2.13. The molecule has 0 aromatic heterocycles. The first kappa shape index (κ1) is 15.4. The molecule has 2 aliphatic rings. The summed E-state index contributed by atoms with van der Waals surface area (Å²) in [6.45, 7) is 4.84. The summed E-state index contributed by atoms with van der Waals surface area (Å²) in [7, 11) is 0. The van der Waals surface area contributed by atoms with Gasteiger partial charge in [-0.25, -0.2) is 0 Å². The van der Waals surface area contributed by atoms with Gasteiger partial charge in [-0.2, -0.15) is 0 Å². The van der Waals surface area contributed by atoms with Gasteiger partial charge >= 0.3 is 0 Å². The molecule has 2 fully saturated rings. The van der Waals surface area contributed by atoms with Gasteiger partial charge in [0, 0.05) is 25.7 Å². The van der Waals surface area contributed by atoms with Crippen LogP contribution in [0.1, 0.15) is 25.3 Å². The summed E-state index contributed by atoms with van der Waals surface area (Å²) in [6.07, 6.45) is 2.30. The van der Waals surface area contributed by atoms with Crippen LogP contribution in [0, 0.1) is 0 Å². The second kappa shape index (κ2) is 6.40. The zero-order chi connectivity index (χ0) is 16.5. The predicted octanol–water partition coefficient (Wildman–Crippen LogP) is 3.55. The minimum atomic E-state index is -0.0248. The van der Waals surface area contributed by atoms with E-state index < -0.39 is 0 Å². The summed E-state index contributed by atoms with van der Waals surface area (Å²) in [5, 5.41) is 0. The molecule has 2 heterocycles. The van der Waals surface area contributed by atoms with Crippen LogP contribution in [0.25, 0.3) is 11.1 Å². The quantitative estimate of drug-likeness (QED) is 0.863. The lowest BCUT2D eigenvalue weighted by Gasteiger charge is -2.41. The van der Waals surface area contributed by atoms with E-state index in [9.17, 15) is 4.79 Å². The average molecular weight is 320 g/mol. The lowest BCUT2D eigenvalue weighted by atomic mass is 9.98. The van der Waals surface area contributed by atoms with Gasteiger partial charge in [0.25, 0.3) is 0 Å². The Morgan fingerprint density at radius 3 is 2.62 bits per heavy atom. The fourth-order valence-corrected chi connectivity index (χ4v) is 4.12. The Balaban J connectivity index is 1.61. The molecule has 2 saturated heterocycles. The maximum absolute atomic E-state index is 12.6. The van der Waals surface area contributed by atoms with E-state index in [1.165, 1.54) is 16.7 Å². The van der Waals surface area contributed by atoms with Crippen molar-refractivity contribution in [2.24, 2.45) is 0 Å². The molecular formula is C21H24N2O. The minimum absolute atomic E-state index is 0.0248. The van der Waals surface area contributed by atoms with Crippen LogP contribution in [-0.2, 0) is 11.3 Å². The number of nitrogens with zero attached hydrogens (tertiary/aromatic N) is 2. The predicted molar refractivity (Wildman–Crippen MR) is 96.5 cm³/mol. The van der Waals surface area contributed by atoms with Crippen molar-refractivity contribution >= 4 is 5.91 Å². The van der Waals surface area contributed by atoms with Crippen LogP contribution in [-0.4, -0.2) is 40.9 Å². The molecule has 0 spiro atoms. The van der Waals surface area contributed by atoms with E-state index in [0.717, 1.165) is 32.5 Å². The van der Waals surface area contributed by atoms with Crippen LogP contribution in [0.4, 0.5) is 0 Å². The van der Waals surface area contributed by atoms with E-state index in [1.54, 1.807) is 0 Å². The largest absolute Gasteiger partial charge is 0.337 e. The fourth-order valence-electron chi connectivity index (χ4n) is 4.12. The molecule has 0 saturated carbocycles. The molecule has 124 valence electrons. The van der Waals surface area contributed by atoms with Crippen molar-refractivity contribution < 1.29 is 4.79 Å². The molecule has 0 N–H and O–H groups in total. The molecule has 2 aromatic rings. The molecule has 4 rings (SSSR count). The summed E-state index contributed by atoms with van der Waals surface area (Å²) in [6, 6.07) is 19.5. The van der Waals surface area contributed by atoms with Gasteiger partial charge in [0.1, 0.15) is 0 Å². The Labute approximate surface area is 143 Å². The fraction of sp³-hybridized carbons (Fsp3) is 0.381. The first-order chi connectivity index (χ1) is 11.7. The van der Waals surface area contributed by atoms with Crippen molar-refractivity contribution in [1.82, 2.24) is 9.80 Å². The molecule has 0 unspecified atom stereocenters. The van der Waals surface area contributed by atoms with Gasteiger partial charge in [-0.1, -0.05) is 54.6 Å². The number of carbonyl (C=O) groups is 1. The van der Waals surface area contributed by atoms with Crippen LogP contribution < -0.4 is 0 Å². The molecule has 24 heavy (non-hydrogen) atoms. The second-order valence-electron chi connectivity index (χ2n) is 6.96. The highest BCUT2D eigenvalue weighted by Gasteiger charge is 2.40. The summed E-state index contributed by atoms with van der Waals surface area (Å²) in [5.41, 5.74) is 3.81. The van der Waals surface area contributed by atoms with Gasteiger partial charge in [-0.15, -0.1) is 0 Å². The Bertz CT molecular complexity index is 728. The average Bonchev–Trinajstić information content (AvgIpc) is 3.09. The number of hydrogen-bond acceptors (Lipinski definition) is 2. The molecule has 0 radical (unpaired) electrons. The zero-order valence-electron chi connectivity index (χ0n) is 14.2. The second-order valence-corrected chi connectivity index (χ2v) is 6.96. The third kappa shape index (κ3) is 2.73. The number of rotatable bonds is 3. The molecule has 2 atom stereocenters. The highest BCUT2D eigenvalue weighted by molar-refractivity contribution is 5.83. The highest BCUT2D eigenvalue weighted by Crippen LogP contribution is 2.29. The molecular weight excluding hydrogens is 296 g/mol. The first-order valence-electron chi connectivity index (χ1n) is 8.92. The van der Waals surface area contributed by atoms with Crippen LogP contribution in [0.2, 0.25) is 0 Å². The maximum Gasteiger partial charge on any atom is 0.239 e. The van der Waals surface area contributed by atoms with E-state index in [1.807, 2.05) is 6.07 Å². The van der Waals surface area contributed by atoms with Crippen molar-refractivity contribution in [2.45, 2.75) is 38.4 Å². The zero-order valence-corrected chi connectivity index (χ0v) is 14.2. The van der Waals surface area contributed by atoms with E-state index >= 15 is 0 Å². The van der Waals surface area contributed by atoms with Gasteiger partial charge < -0.3 is 4.90 Å². The highest BCUT2D eigenvalue weighted by atomic mass is 16.2. The van der Waals surface area contributed by atoms with Crippen LogP contribution in [0.5, 0.6) is 0 Å². The number of amides is 1. The SMILES string of the molecule is C[C@@H]1C(=O)N2CCC[C@@H]2CN1Cc1ccccc1-c1ccccc1. The Morgan fingerprint density at radius 2 is 1.79 bits per heavy atom. The monoisotopic (exact) mass is 320 g/mol. The van der Waals surface area contributed by atoms with E-state index in [2.05, 4.69) is 65.3 Å². The van der Waals surface area contributed by atoms with Crippen LogP contribution in [0.3, 0.4) is 0 Å². The number of fused-ring (bicyclic) bond motifs is 1. The van der Waals surface area contributed by atoms with Gasteiger partial charge in [-0.05, 0) is 36.5 Å². The number of carbonyl (C=O) groups excluding carboxylic acids is 1. The molecule has 3 heteroatoms. The molecule has 2 aromatic carbocycles. The van der Waals surface area contributed by atoms with Gasteiger partial charge in [0.05, 0.1) is 6.04 Å². The third-order valence-corrected chi connectivity index (χ3v) is 5.49. The van der Waals surface area contributed by atoms with Crippen LogP contribution >= 0.6 is 0 Å². The standard InChI is InChI=1S/C21H24N2O/c1-16-21(24)23-13-7-11-19(23)15-22(16)14-18-10-5-6-12-20(18)17-8-3-2-4-9-17/h2-6,8-10,12,16,19H,7,11,13-15H2,1H3/t16-,19-/m1/s1. The topological polar surface area (TPSA) is 23.6 Å².